The lowest BCUT2D eigenvalue weighted by Gasteiger charge is -2.12. The van der Waals surface area contributed by atoms with Gasteiger partial charge in [0.1, 0.15) is 6.20 Å². The Kier molecular flexibility index (Phi) is 4.47. The minimum Gasteiger partial charge on any atom is -0.465 e. The number of anilines is 1. The summed E-state index contributed by atoms with van der Waals surface area (Å²) in [5, 5.41) is 19.5. The lowest BCUT2D eigenvalue weighted by molar-refractivity contribution is -0.389. The fraction of sp³-hybridized carbons (Fsp3) is 0.0667. The second kappa shape index (κ2) is 6.49. The Hall–Kier alpha value is -3.22. The summed E-state index contributed by atoms with van der Waals surface area (Å²) >= 11 is 0. The first-order chi connectivity index (χ1) is 10.5. The van der Waals surface area contributed by atoms with Gasteiger partial charge < -0.3 is 15.2 Å². The highest BCUT2D eigenvalue weighted by atomic mass is 16.6. The van der Waals surface area contributed by atoms with E-state index in [-0.39, 0.29) is 5.82 Å². The van der Waals surface area contributed by atoms with Crippen LogP contribution in [0.3, 0.4) is 0 Å². The van der Waals surface area contributed by atoms with Crippen molar-refractivity contribution in [2.45, 2.75) is 0 Å². The van der Waals surface area contributed by atoms with Crippen LogP contribution in [0.2, 0.25) is 0 Å². The monoisotopic (exact) mass is 299 g/mol. The van der Waals surface area contributed by atoms with E-state index in [1.165, 1.54) is 19.3 Å². The average Bonchev–Trinajstić information content (AvgIpc) is 2.53. The fourth-order valence-electron chi connectivity index (χ4n) is 1.75. The van der Waals surface area contributed by atoms with Crippen molar-refractivity contribution in [2.24, 2.45) is 0 Å². The second-order valence-electron chi connectivity index (χ2n) is 4.47. The van der Waals surface area contributed by atoms with Gasteiger partial charge in [-0.15, -0.1) is 0 Å². The molecular formula is C15H13N3O4. The molecule has 2 aromatic rings. The molecule has 0 aliphatic heterocycles. The Morgan fingerprint density at radius 1 is 1.23 bits per heavy atom. The minimum absolute atomic E-state index is 0.208. The van der Waals surface area contributed by atoms with Crippen molar-refractivity contribution in [3.8, 4) is 0 Å². The number of pyridine rings is 1. The summed E-state index contributed by atoms with van der Waals surface area (Å²) in [6.45, 7) is 0. The SMILES string of the molecule is CN(C(=O)O)c1ccc(/C=C/c2ccnc([N+](=O)[O-])c2)cc1. The topological polar surface area (TPSA) is 96.6 Å². The number of nitro groups is 1. The molecule has 0 aliphatic carbocycles. The van der Waals surface area contributed by atoms with Gasteiger partial charge in [-0.1, -0.05) is 24.3 Å². The lowest BCUT2D eigenvalue weighted by Crippen LogP contribution is -2.23. The van der Waals surface area contributed by atoms with Gasteiger partial charge in [-0.05, 0) is 39.2 Å². The third-order valence-corrected chi connectivity index (χ3v) is 2.99. The van der Waals surface area contributed by atoms with Crippen LogP contribution in [0.5, 0.6) is 0 Å². The summed E-state index contributed by atoms with van der Waals surface area (Å²) in [4.78, 5) is 25.7. The highest BCUT2D eigenvalue weighted by molar-refractivity contribution is 5.85. The molecule has 7 heteroatoms. The predicted molar refractivity (Wildman–Crippen MR) is 82.7 cm³/mol. The number of hydrogen-bond donors (Lipinski definition) is 1. The van der Waals surface area contributed by atoms with Crippen LogP contribution in [0.4, 0.5) is 16.3 Å². The van der Waals surface area contributed by atoms with E-state index in [1.807, 2.05) is 0 Å². The van der Waals surface area contributed by atoms with Gasteiger partial charge in [0.2, 0.25) is 0 Å². The highest BCUT2D eigenvalue weighted by Crippen LogP contribution is 2.17. The van der Waals surface area contributed by atoms with Crippen LogP contribution >= 0.6 is 0 Å². The number of carbonyl (C=O) groups is 1. The van der Waals surface area contributed by atoms with Crippen LogP contribution < -0.4 is 4.90 Å². The van der Waals surface area contributed by atoms with Crippen LogP contribution in [-0.2, 0) is 0 Å². The third-order valence-electron chi connectivity index (χ3n) is 2.99. The number of rotatable bonds is 4. The van der Waals surface area contributed by atoms with E-state index >= 15 is 0 Å². The molecule has 0 spiro atoms. The van der Waals surface area contributed by atoms with E-state index in [1.54, 1.807) is 42.5 Å². The van der Waals surface area contributed by atoms with Crippen LogP contribution in [0.15, 0.2) is 42.6 Å². The molecule has 0 unspecified atom stereocenters. The van der Waals surface area contributed by atoms with Gasteiger partial charge in [0.25, 0.3) is 0 Å². The molecule has 1 aromatic heterocycles. The van der Waals surface area contributed by atoms with Gasteiger partial charge in [0.15, 0.2) is 0 Å². The van der Waals surface area contributed by atoms with Crippen LogP contribution in [0.1, 0.15) is 11.1 Å². The molecule has 0 saturated heterocycles. The number of benzene rings is 1. The van der Waals surface area contributed by atoms with Crippen molar-refractivity contribution in [3.63, 3.8) is 0 Å². The largest absolute Gasteiger partial charge is 0.465 e. The minimum atomic E-state index is -1.03. The molecule has 1 N–H and O–H groups in total. The summed E-state index contributed by atoms with van der Waals surface area (Å²) < 4.78 is 0. The number of hydrogen-bond acceptors (Lipinski definition) is 4. The predicted octanol–water partition coefficient (Wildman–Crippen LogP) is 3.27. The number of aromatic nitrogens is 1. The Bertz CT molecular complexity index is 726. The van der Waals surface area contributed by atoms with E-state index in [0.29, 0.717) is 11.3 Å². The molecule has 112 valence electrons. The Morgan fingerprint density at radius 2 is 1.86 bits per heavy atom. The molecule has 1 aromatic carbocycles. The zero-order valence-electron chi connectivity index (χ0n) is 11.7. The summed E-state index contributed by atoms with van der Waals surface area (Å²) in [5.41, 5.74) is 2.07. The molecule has 0 radical (unpaired) electrons. The second-order valence-corrected chi connectivity index (χ2v) is 4.47. The number of nitrogens with zero attached hydrogens (tertiary/aromatic N) is 3. The molecule has 1 amide bonds. The van der Waals surface area contributed by atoms with Crippen molar-refractivity contribution < 1.29 is 14.8 Å². The van der Waals surface area contributed by atoms with Gasteiger partial charge in [-0.2, -0.15) is 0 Å². The van der Waals surface area contributed by atoms with Crippen LogP contribution in [0.25, 0.3) is 12.2 Å². The van der Waals surface area contributed by atoms with Gasteiger partial charge in [0.05, 0.1) is 0 Å². The van der Waals surface area contributed by atoms with E-state index in [4.69, 9.17) is 5.11 Å². The van der Waals surface area contributed by atoms with Crippen molar-refractivity contribution in [3.05, 3.63) is 63.8 Å². The average molecular weight is 299 g/mol. The molecule has 0 fully saturated rings. The van der Waals surface area contributed by atoms with Crippen LogP contribution in [0, 0.1) is 10.1 Å². The first kappa shape index (κ1) is 15.2. The standard InChI is InChI=1S/C15H13N3O4/c1-17(15(19)20)13-6-4-11(5-7-13)2-3-12-8-9-16-14(10-12)18(21)22/h2-10H,1H3,(H,19,20)/b3-2+. The Labute approximate surface area is 126 Å². The quantitative estimate of drug-likeness (QED) is 0.690. The van der Waals surface area contributed by atoms with E-state index in [9.17, 15) is 14.9 Å². The van der Waals surface area contributed by atoms with Crippen molar-refractivity contribution >= 4 is 29.8 Å². The molecule has 7 nitrogen and oxygen atoms in total. The number of amides is 1. The Morgan fingerprint density at radius 3 is 2.45 bits per heavy atom. The summed E-state index contributed by atoms with van der Waals surface area (Å²) in [6.07, 6.45) is 3.85. The first-order valence-electron chi connectivity index (χ1n) is 6.32. The molecule has 0 bridgehead atoms. The molecule has 2 rings (SSSR count). The summed E-state index contributed by atoms with van der Waals surface area (Å²) in [5.74, 6) is -0.208. The lowest BCUT2D eigenvalue weighted by atomic mass is 10.1. The zero-order chi connectivity index (χ0) is 16.1. The molecule has 22 heavy (non-hydrogen) atoms. The number of carboxylic acid groups (broad SMARTS) is 1. The zero-order valence-corrected chi connectivity index (χ0v) is 11.7. The molecule has 0 saturated carbocycles. The van der Waals surface area contributed by atoms with Crippen molar-refractivity contribution in [1.82, 2.24) is 4.98 Å². The van der Waals surface area contributed by atoms with Crippen molar-refractivity contribution in [1.29, 1.82) is 0 Å². The smallest absolute Gasteiger partial charge is 0.411 e. The first-order valence-corrected chi connectivity index (χ1v) is 6.32. The molecule has 1 heterocycles. The van der Waals surface area contributed by atoms with Crippen molar-refractivity contribution in [2.75, 3.05) is 11.9 Å². The summed E-state index contributed by atoms with van der Waals surface area (Å²) in [6, 6.07) is 9.94. The Balaban J connectivity index is 2.15. The maximum absolute atomic E-state index is 10.8. The van der Waals surface area contributed by atoms with Gasteiger partial charge >= 0.3 is 11.9 Å². The van der Waals surface area contributed by atoms with E-state index < -0.39 is 11.0 Å². The van der Waals surface area contributed by atoms with Gasteiger partial charge in [-0.25, -0.2) is 4.79 Å². The maximum atomic E-state index is 10.8. The third kappa shape index (κ3) is 3.66. The summed E-state index contributed by atoms with van der Waals surface area (Å²) in [7, 11) is 1.46. The fourth-order valence-corrected chi connectivity index (χ4v) is 1.75. The molecule has 0 atom stereocenters. The normalized spacial score (nSPS) is 10.6. The van der Waals surface area contributed by atoms with E-state index in [2.05, 4.69) is 4.98 Å². The molecule has 0 aliphatic rings. The maximum Gasteiger partial charge on any atom is 0.411 e. The highest BCUT2D eigenvalue weighted by Gasteiger charge is 2.07. The van der Waals surface area contributed by atoms with Gasteiger partial charge in [0, 0.05) is 18.8 Å². The molecular weight excluding hydrogens is 286 g/mol. The van der Waals surface area contributed by atoms with E-state index in [0.717, 1.165) is 10.5 Å². The van der Waals surface area contributed by atoms with Gasteiger partial charge in [-0.3, -0.25) is 4.90 Å². The van der Waals surface area contributed by atoms with Crippen LogP contribution in [-0.4, -0.2) is 28.2 Å².